The second-order valence-electron chi connectivity index (χ2n) is 4.33. The number of hydrogen-bond acceptors (Lipinski definition) is 3. The van der Waals surface area contributed by atoms with Gasteiger partial charge in [-0.1, -0.05) is 18.1 Å². The van der Waals surface area contributed by atoms with E-state index in [4.69, 9.17) is 6.42 Å². The molecule has 0 aliphatic carbocycles. The van der Waals surface area contributed by atoms with Crippen molar-refractivity contribution in [2.24, 2.45) is 0 Å². The topological polar surface area (TPSA) is 40.7 Å². The third-order valence-electron chi connectivity index (χ3n) is 3.00. The van der Waals surface area contributed by atoms with Gasteiger partial charge in [0, 0.05) is 23.4 Å². The van der Waals surface area contributed by atoms with Gasteiger partial charge < -0.3 is 5.32 Å². The van der Waals surface area contributed by atoms with Gasteiger partial charge in [0.2, 0.25) is 0 Å². The monoisotopic (exact) mass is 279 g/mol. The van der Waals surface area contributed by atoms with E-state index in [2.05, 4.69) is 32.9 Å². The van der Waals surface area contributed by atoms with Gasteiger partial charge in [-0.05, 0) is 29.6 Å². The summed E-state index contributed by atoms with van der Waals surface area (Å²) in [4.78, 5) is 1.19. The molecule has 0 spiro atoms. The van der Waals surface area contributed by atoms with Crippen LogP contribution in [0.5, 0.6) is 0 Å². The van der Waals surface area contributed by atoms with Gasteiger partial charge in [0.05, 0.1) is 16.8 Å². The summed E-state index contributed by atoms with van der Waals surface area (Å²) in [5, 5.41) is 12.6. The van der Waals surface area contributed by atoms with Gasteiger partial charge in [-0.2, -0.15) is 5.10 Å². The van der Waals surface area contributed by atoms with E-state index in [1.54, 1.807) is 11.3 Å². The van der Waals surface area contributed by atoms with Crippen LogP contribution in [0.2, 0.25) is 0 Å². The maximum atomic E-state index is 5.41. The molecule has 20 heavy (non-hydrogen) atoms. The molecule has 0 radical (unpaired) electrons. The Morgan fingerprint density at radius 2 is 2.25 bits per heavy atom. The number of rotatable bonds is 4. The van der Waals surface area contributed by atoms with E-state index >= 15 is 0 Å². The van der Waals surface area contributed by atoms with Crippen LogP contribution < -0.4 is 5.32 Å². The summed E-state index contributed by atoms with van der Waals surface area (Å²) in [7, 11) is 0. The van der Waals surface area contributed by atoms with E-state index in [1.165, 1.54) is 4.88 Å². The molecule has 0 saturated heterocycles. The number of H-pyrrole nitrogens is 1. The van der Waals surface area contributed by atoms with Crippen LogP contribution in [-0.2, 0) is 6.54 Å². The van der Waals surface area contributed by atoms with Crippen LogP contribution in [0.1, 0.15) is 11.1 Å². The number of benzene rings is 1. The van der Waals surface area contributed by atoms with Gasteiger partial charge >= 0.3 is 0 Å². The number of anilines is 1. The number of terminal acetylenes is 1. The summed E-state index contributed by atoms with van der Waals surface area (Å²) < 4.78 is 0. The second-order valence-corrected chi connectivity index (χ2v) is 5.27. The van der Waals surface area contributed by atoms with Crippen molar-refractivity contribution in [2.75, 3.05) is 5.32 Å². The van der Waals surface area contributed by atoms with Crippen molar-refractivity contribution in [2.45, 2.75) is 6.54 Å². The van der Waals surface area contributed by atoms with Gasteiger partial charge in [0.1, 0.15) is 0 Å². The quantitative estimate of drug-likeness (QED) is 0.714. The molecule has 3 nitrogen and oxygen atoms in total. The maximum Gasteiger partial charge on any atom is 0.0799 e. The molecule has 4 heteroatoms. The van der Waals surface area contributed by atoms with Crippen molar-refractivity contribution >= 4 is 17.0 Å². The molecule has 1 aromatic carbocycles. The standard InChI is InChI=1S/C16H13N3S/c1-2-12-5-3-6-14(9-12)17-10-13-11-18-19-16(13)15-7-4-8-20-15/h1,3-9,11,17H,10H2,(H,18,19). The number of hydrogen-bond donors (Lipinski definition) is 2. The SMILES string of the molecule is C#Cc1cccc(NCc2cn[nH]c2-c2cccs2)c1. The van der Waals surface area contributed by atoms with Gasteiger partial charge in [-0.3, -0.25) is 5.10 Å². The lowest BCUT2D eigenvalue weighted by molar-refractivity contribution is 1.10. The van der Waals surface area contributed by atoms with Crippen molar-refractivity contribution in [1.29, 1.82) is 0 Å². The van der Waals surface area contributed by atoms with Crippen LogP contribution in [0.15, 0.2) is 48.0 Å². The fourth-order valence-corrected chi connectivity index (χ4v) is 2.75. The summed E-state index contributed by atoms with van der Waals surface area (Å²) >= 11 is 1.70. The predicted molar refractivity (Wildman–Crippen MR) is 83.6 cm³/mol. The van der Waals surface area contributed by atoms with Crippen LogP contribution in [0.4, 0.5) is 5.69 Å². The Morgan fingerprint density at radius 3 is 3.05 bits per heavy atom. The first kappa shape index (κ1) is 12.5. The summed E-state index contributed by atoms with van der Waals surface area (Å²) in [5.41, 5.74) is 4.10. The average molecular weight is 279 g/mol. The van der Waals surface area contributed by atoms with Crippen molar-refractivity contribution in [3.8, 4) is 22.9 Å². The van der Waals surface area contributed by atoms with Gasteiger partial charge in [0.15, 0.2) is 0 Å². The van der Waals surface area contributed by atoms with Crippen molar-refractivity contribution in [3.63, 3.8) is 0 Å². The zero-order chi connectivity index (χ0) is 13.8. The van der Waals surface area contributed by atoms with Gasteiger partial charge in [0.25, 0.3) is 0 Å². The highest BCUT2D eigenvalue weighted by molar-refractivity contribution is 7.13. The van der Waals surface area contributed by atoms with Gasteiger partial charge in [-0.15, -0.1) is 17.8 Å². The maximum absolute atomic E-state index is 5.41. The lowest BCUT2D eigenvalue weighted by atomic mass is 10.2. The molecule has 3 rings (SSSR count). The first-order valence-electron chi connectivity index (χ1n) is 6.23. The molecule has 0 fully saturated rings. The van der Waals surface area contributed by atoms with E-state index in [1.807, 2.05) is 36.5 Å². The predicted octanol–water partition coefficient (Wildman–Crippen LogP) is 3.73. The Morgan fingerprint density at radius 1 is 1.30 bits per heavy atom. The summed E-state index contributed by atoms with van der Waals surface area (Å²) in [6, 6.07) is 12.0. The number of nitrogens with one attached hydrogen (secondary N) is 2. The molecular formula is C16H13N3S. The number of aromatic amines is 1. The minimum atomic E-state index is 0.706. The highest BCUT2D eigenvalue weighted by Gasteiger charge is 2.08. The molecule has 0 aliphatic heterocycles. The Hall–Kier alpha value is -2.51. The molecule has 3 aromatic rings. The molecular weight excluding hydrogens is 266 g/mol. The van der Waals surface area contributed by atoms with E-state index in [0.29, 0.717) is 6.54 Å². The van der Waals surface area contributed by atoms with Crippen LogP contribution in [-0.4, -0.2) is 10.2 Å². The van der Waals surface area contributed by atoms with Crippen LogP contribution >= 0.6 is 11.3 Å². The summed E-state index contributed by atoms with van der Waals surface area (Å²) in [6.07, 6.45) is 7.26. The molecule has 2 aromatic heterocycles. The van der Waals surface area contributed by atoms with Crippen molar-refractivity contribution in [3.05, 3.63) is 59.1 Å². The van der Waals surface area contributed by atoms with Crippen LogP contribution in [0.25, 0.3) is 10.6 Å². The summed E-state index contributed by atoms with van der Waals surface area (Å²) in [6.45, 7) is 0.706. The molecule has 0 saturated carbocycles. The lowest BCUT2D eigenvalue weighted by Gasteiger charge is -2.06. The van der Waals surface area contributed by atoms with Crippen molar-refractivity contribution in [1.82, 2.24) is 10.2 Å². The number of thiophene rings is 1. The lowest BCUT2D eigenvalue weighted by Crippen LogP contribution is -1.99. The largest absolute Gasteiger partial charge is 0.381 e. The molecule has 0 aliphatic rings. The molecule has 0 amide bonds. The molecule has 2 heterocycles. The number of aromatic nitrogens is 2. The molecule has 0 bridgehead atoms. The Kier molecular flexibility index (Phi) is 3.53. The van der Waals surface area contributed by atoms with Crippen LogP contribution in [0, 0.1) is 12.3 Å². The third-order valence-corrected chi connectivity index (χ3v) is 3.88. The minimum Gasteiger partial charge on any atom is -0.381 e. The van der Waals surface area contributed by atoms with Crippen LogP contribution in [0.3, 0.4) is 0 Å². The Balaban J connectivity index is 1.76. The smallest absolute Gasteiger partial charge is 0.0799 e. The van der Waals surface area contributed by atoms with Crippen molar-refractivity contribution < 1.29 is 0 Å². The first-order valence-corrected chi connectivity index (χ1v) is 7.11. The molecule has 98 valence electrons. The summed E-state index contributed by atoms with van der Waals surface area (Å²) in [5.74, 6) is 2.64. The zero-order valence-corrected chi connectivity index (χ0v) is 11.6. The van der Waals surface area contributed by atoms with E-state index in [9.17, 15) is 0 Å². The fraction of sp³-hybridized carbons (Fsp3) is 0.0625. The van der Waals surface area contributed by atoms with Gasteiger partial charge in [-0.25, -0.2) is 0 Å². The minimum absolute atomic E-state index is 0.706. The average Bonchev–Trinajstić information content (AvgIpc) is 3.16. The molecule has 2 N–H and O–H groups in total. The Labute approximate surface area is 121 Å². The third kappa shape index (κ3) is 2.58. The Bertz CT molecular complexity index is 735. The molecule has 0 atom stereocenters. The highest BCUT2D eigenvalue weighted by atomic mass is 32.1. The van der Waals surface area contributed by atoms with E-state index < -0.39 is 0 Å². The normalized spacial score (nSPS) is 10.2. The number of nitrogens with zero attached hydrogens (tertiary/aromatic N) is 1. The molecule has 0 unspecified atom stereocenters. The van der Waals surface area contributed by atoms with E-state index in [-0.39, 0.29) is 0 Å². The zero-order valence-electron chi connectivity index (χ0n) is 10.8. The van der Waals surface area contributed by atoms with E-state index in [0.717, 1.165) is 22.5 Å². The fourth-order valence-electron chi connectivity index (χ4n) is 2.00. The first-order chi connectivity index (χ1) is 9.86. The highest BCUT2D eigenvalue weighted by Crippen LogP contribution is 2.26. The second kappa shape index (κ2) is 5.64.